The van der Waals surface area contributed by atoms with Crippen LogP contribution in [0, 0.1) is 6.92 Å². The molecule has 1 N–H and O–H groups in total. The second kappa shape index (κ2) is 2.61. The number of H-pyrrole nitrogens is 1. The van der Waals surface area contributed by atoms with Crippen LogP contribution >= 0.6 is 0 Å². The largest absolute Gasteiger partial charge is 0.361 e. The van der Waals surface area contributed by atoms with Crippen molar-refractivity contribution >= 4 is 21.7 Å². The Hall–Kier alpha value is -1.76. The Balaban J connectivity index is 2.66. The molecule has 0 bridgehead atoms. The number of aromatic amines is 1. The Morgan fingerprint density at radius 2 is 1.86 bits per heavy atom. The molecule has 3 aromatic rings. The highest BCUT2D eigenvalue weighted by atomic mass is 14.7. The molecule has 68 valence electrons. The molecule has 1 heteroatoms. The first-order valence-electron chi connectivity index (χ1n) is 4.82. The first-order chi connectivity index (χ1) is 6.86. The summed E-state index contributed by atoms with van der Waals surface area (Å²) in [6, 6.07) is 12.9. The molecule has 0 spiro atoms. The van der Waals surface area contributed by atoms with Crippen LogP contribution in [0.3, 0.4) is 0 Å². The van der Waals surface area contributed by atoms with E-state index in [0.717, 1.165) is 0 Å². The topological polar surface area (TPSA) is 15.8 Å². The third kappa shape index (κ3) is 0.896. The predicted molar refractivity (Wildman–Crippen MR) is 60.5 cm³/mol. The van der Waals surface area contributed by atoms with Gasteiger partial charge in [0.05, 0.1) is 5.52 Å². The zero-order valence-corrected chi connectivity index (χ0v) is 8.04. The monoisotopic (exact) mass is 181 g/mol. The van der Waals surface area contributed by atoms with Crippen LogP contribution < -0.4 is 0 Å². The highest BCUT2D eigenvalue weighted by Gasteiger charge is 2.02. The fourth-order valence-corrected chi connectivity index (χ4v) is 2.08. The lowest BCUT2D eigenvalue weighted by Gasteiger charge is -2.02. The standard InChI is InChI=1S/C13H11N/c1-9-8-10-4-2-3-5-12(10)13-11(9)6-7-14-13/h2-8,14H,1H3. The van der Waals surface area contributed by atoms with E-state index in [-0.39, 0.29) is 0 Å². The molecular weight excluding hydrogens is 170 g/mol. The van der Waals surface area contributed by atoms with Gasteiger partial charge in [0.2, 0.25) is 0 Å². The maximum absolute atomic E-state index is 3.30. The molecule has 14 heavy (non-hydrogen) atoms. The molecule has 0 saturated carbocycles. The fraction of sp³-hybridized carbons (Fsp3) is 0.0769. The highest BCUT2D eigenvalue weighted by Crippen LogP contribution is 2.26. The molecule has 0 fully saturated rings. The molecule has 0 saturated heterocycles. The van der Waals surface area contributed by atoms with Crippen LogP contribution in [-0.4, -0.2) is 4.98 Å². The molecule has 2 aromatic carbocycles. The second-order valence-corrected chi connectivity index (χ2v) is 3.68. The fourth-order valence-electron chi connectivity index (χ4n) is 2.08. The Morgan fingerprint density at radius 1 is 1.00 bits per heavy atom. The van der Waals surface area contributed by atoms with Crippen molar-refractivity contribution in [2.75, 3.05) is 0 Å². The van der Waals surface area contributed by atoms with Gasteiger partial charge in [0.1, 0.15) is 0 Å². The minimum absolute atomic E-state index is 1.25. The van der Waals surface area contributed by atoms with Crippen LogP contribution in [0.5, 0.6) is 0 Å². The quantitative estimate of drug-likeness (QED) is 0.545. The number of aromatic nitrogens is 1. The van der Waals surface area contributed by atoms with E-state index in [2.05, 4.69) is 48.3 Å². The molecular formula is C13H11N. The lowest BCUT2D eigenvalue weighted by Crippen LogP contribution is -1.79. The van der Waals surface area contributed by atoms with E-state index in [0.29, 0.717) is 0 Å². The van der Waals surface area contributed by atoms with Gasteiger partial charge in [0.15, 0.2) is 0 Å². The lowest BCUT2D eigenvalue weighted by atomic mass is 10.0. The van der Waals surface area contributed by atoms with Gasteiger partial charge in [0, 0.05) is 17.0 Å². The van der Waals surface area contributed by atoms with Crippen LogP contribution in [0.15, 0.2) is 42.6 Å². The summed E-state index contributed by atoms with van der Waals surface area (Å²) in [6.07, 6.45) is 2.00. The number of hydrogen-bond donors (Lipinski definition) is 1. The number of benzene rings is 2. The van der Waals surface area contributed by atoms with E-state index in [1.54, 1.807) is 0 Å². The van der Waals surface area contributed by atoms with Crippen LogP contribution in [0.4, 0.5) is 0 Å². The molecule has 0 aliphatic carbocycles. The van der Waals surface area contributed by atoms with Gasteiger partial charge in [-0.2, -0.15) is 0 Å². The Kier molecular flexibility index (Phi) is 1.42. The summed E-state index contributed by atoms with van der Waals surface area (Å²) in [5.41, 5.74) is 2.58. The van der Waals surface area contributed by atoms with Gasteiger partial charge in [-0.1, -0.05) is 30.3 Å². The van der Waals surface area contributed by atoms with Crippen LogP contribution in [0.25, 0.3) is 21.7 Å². The molecule has 1 aromatic heterocycles. The molecule has 1 nitrogen and oxygen atoms in total. The maximum Gasteiger partial charge on any atom is 0.0536 e. The molecule has 0 aliphatic heterocycles. The minimum Gasteiger partial charge on any atom is -0.361 e. The van der Waals surface area contributed by atoms with Gasteiger partial charge >= 0.3 is 0 Å². The minimum atomic E-state index is 1.25. The van der Waals surface area contributed by atoms with Crippen molar-refractivity contribution in [1.82, 2.24) is 4.98 Å². The number of fused-ring (bicyclic) bond motifs is 3. The first kappa shape index (κ1) is 7.63. The van der Waals surface area contributed by atoms with E-state index in [9.17, 15) is 0 Å². The van der Waals surface area contributed by atoms with Gasteiger partial charge in [-0.25, -0.2) is 0 Å². The number of aryl methyl sites for hydroxylation is 1. The normalized spacial score (nSPS) is 11.2. The molecule has 3 rings (SSSR count). The molecule has 0 aliphatic rings. The molecule has 0 amide bonds. The average Bonchev–Trinajstić information content (AvgIpc) is 2.67. The van der Waals surface area contributed by atoms with E-state index >= 15 is 0 Å². The van der Waals surface area contributed by atoms with Gasteiger partial charge < -0.3 is 4.98 Å². The Labute approximate surface area is 82.4 Å². The molecule has 0 radical (unpaired) electrons. The van der Waals surface area contributed by atoms with Gasteiger partial charge in [-0.3, -0.25) is 0 Å². The van der Waals surface area contributed by atoms with Crippen molar-refractivity contribution in [3.63, 3.8) is 0 Å². The summed E-state index contributed by atoms with van der Waals surface area (Å²) in [6.45, 7) is 2.16. The van der Waals surface area contributed by atoms with Crippen molar-refractivity contribution in [2.45, 2.75) is 6.92 Å². The number of rotatable bonds is 0. The van der Waals surface area contributed by atoms with E-state index in [4.69, 9.17) is 0 Å². The molecule has 1 heterocycles. The van der Waals surface area contributed by atoms with E-state index < -0.39 is 0 Å². The average molecular weight is 181 g/mol. The molecule has 0 atom stereocenters. The Bertz CT molecular complexity index is 605. The Morgan fingerprint density at radius 3 is 2.79 bits per heavy atom. The van der Waals surface area contributed by atoms with E-state index in [1.165, 1.54) is 27.2 Å². The zero-order valence-electron chi connectivity index (χ0n) is 8.04. The van der Waals surface area contributed by atoms with Crippen molar-refractivity contribution < 1.29 is 0 Å². The second-order valence-electron chi connectivity index (χ2n) is 3.68. The zero-order chi connectivity index (χ0) is 9.54. The van der Waals surface area contributed by atoms with E-state index in [1.807, 2.05) is 6.20 Å². The summed E-state index contributed by atoms with van der Waals surface area (Å²) >= 11 is 0. The lowest BCUT2D eigenvalue weighted by molar-refractivity contribution is 1.49. The summed E-state index contributed by atoms with van der Waals surface area (Å²) in [5, 5.41) is 3.93. The van der Waals surface area contributed by atoms with Gasteiger partial charge in [0.25, 0.3) is 0 Å². The predicted octanol–water partition coefficient (Wildman–Crippen LogP) is 3.63. The van der Waals surface area contributed by atoms with Crippen LogP contribution in [-0.2, 0) is 0 Å². The van der Waals surface area contributed by atoms with Crippen molar-refractivity contribution in [3.8, 4) is 0 Å². The summed E-state index contributed by atoms with van der Waals surface area (Å²) in [7, 11) is 0. The summed E-state index contributed by atoms with van der Waals surface area (Å²) in [4.78, 5) is 3.30. The van der Waals surface area contributed by atoms with Gasteiger partial charge in [-0.15, -0.1) is 0 Å². The maximum atomic E-state index is 3.30. The third-order valence-corrected chi connectivity index (χ3v) is 2.77. The highest BCUT2D eigenvalue weighted by molar-refractivity contribution is 6.06. The third-order valence-electron chi connectivity index (χ3n) is 2.77. The molecule has 0 unspecified atom stereocenters. The summed E-state index contributed by atoms with van der Waals surface area (Å²) in [5.74, 6) is 0. The van der Waals surface area contributed by atoms with Crippen LogP contribution in [0.1, 0.15) is 5.56 Å². The SMILES string of the molecule is Cc1cc2ccccc2c2[nH]ccc12. The van der Waals surface area contributed by atoms with Crippen molar-refractivity contribution in [2.24, 2.45) is 0 Å². The smallest absolute Gasteiger partial charge is 0.0536 e. The van der Waals surface area contributed by atoms with Gasteiger partial charge in [-0.05, 0) is 23.9 Å². The first-order valence-corrected chi connectivity index (χ1v) is 4.82. The van der Waals surface area contributed by atoms with Crippen LogP contribution in [0.2, 0.25) is 0 Å². The van der Waals surface area contributed by atoms with Crippen molar-refractivity contribution in [1.29, 1.82) is 0 Å². The number of hydrogen-bond acceptors (Lipinski definition) is 0. The summed E-state index contributed by atoms with van der Waals surface area (Å²) < 4.78 is 0. The number of nitrogens with one attached hydrogen (secondary N) is 1. The van der Waals surface area contributed by atoms with Crippen molar-refractivity contribution in [3.05, 3.63) is 48.2 Å².